The quantitative estimate of drug-likeness (QED) is 0.415. The molecule has 1 saturated carbocycles. The fourth-order valence-corrected chi connectivity index (χ4v) is 0.862. The van der Waals surface area contributed by atoms with Crippen molar-refractivity contribution in [1.82, 2.24) is 0 Å². The first-order valence-corrected chi connectivity index (χ1v) is 3.04. The normalized spacial score (nSPS) is 30.5. The molecule has 0 aromatic carbocycles. The van der Waals surface area contributed by atoms with Gasteiger partial charge in [-0.3, -0.25) is 0 Å². The second-order valence-electron chi connectivity index (χ2n) is 2.23. The predicted octanol–water partition coefficient (Wildman–Crippen LogP) is -0.538. The average Bonchev–Trinajstić information content (AvgIpc) is 2.66. The summed E-state index contributed by atoms with van der Waals surface area (Å²) in [7, 11) is 0. The largest absolute Gasteiger partial charge is 0.237 e. The number of isocyanates is 3. The molecular formula is C6H3N3O3. The molecular weight excluding hydrogens is 162 g/mol. The summed E-state index contributed by atoms with van der Waals surface area (Å²) < 4.78 is 0. The highest BCUT2D eigenvalue weighted by Gasteiger charge is 2.57. The molecule has 0 radical (unpaired) electrons. The van der Waals surface area contributed by atoms with Gasteiger partial charge in [0.1, 0.15) is 6.04 Å². The van der Waals surface area contributed by atoms with Gasteiger partial charge in [-0.05, 0) is 0 Å². The summed E-state index contributed by atoms with van der Waals surface area (Å²) in [6.07, 6.45) is 4.07. The first-order valence-electron chi connectivity index (χ1n) is 3.04. The van der Waals surface area contributed by atoms with Crippen molar-refractivity contribution >= 4 is 18.2 Å². The fraction of sp³-hybridized carbons (Fsp3) is 0.500. The number of hydrogen-bond donors (Lipinski definition) is 0. The van der Waals surface area contributed by atoms with Crippen LogP contribution < -0.4 is 0 Å². The van der Waals surface area contributed by atoms with Gasteiger partial charge in [-0.15, -0.1) is 0 Å². The van der Waals surface area contributed by atoms with Crippen LogP contribution in [0.25, 0.3) is 0 Å². The van der Waals surface area contributed by atoms with E-state index in [0.29, 0.717) is 0 Å². The van der Waals surface area contributed by atoms with E-state index in [0.717, 1.165) is 0 Å². The Morgan fingerprint density at radius 1 is 1.08 bits per heavy atom. The van der Waals surface area contributed by atoms with Crippen LogP contribution >= 0.6 is 0 Å². The zero-order valence-corrected chi connectivity index (χ0v) is 5.85. The van der Waals surface area contributed by atoms with Gasteiger partial charge in [0.05, 0.1) is 0 Å². The molecule has 1 atom stereocenters. The molecule has 6 heteroatoms. The summed E-state index contributed by atoms with van der Waals surface area (Å²) in [4.78, 5) is 39.3. The van der Waals surface area contributed by atoms with Crippen molar-refractivity contribution in [2.24, 2.45) is 15.0 Å². The van der Waals surface area contributed by atoms with Crippen molar-refractivity contribution in [3.05, 3.63) is 0 Å². The lowest BCUT2D eigenvalue weighted by Crippen LogP contribution is -2.05. The minimum Gasteiger partial charge on any atom is -0.211 e. The third-order valence-electron chi connectivity index (χ3n) is 1.55. The first-order chi connectivity index (χ1) is 5.79. The lowest BCUT2D eigenvalue weighted by Gasteiger charge is -1.93. The van der Waals surface area contributed by atoms with Gasteiger partial charge in [0, 0.05) is 6.42 Å². The molecule has 6 nitrogen and oxygen atoms in total. The minimum absolute atomic E-state index is 0.257. The van der Waals surface area contributed by atoms with Crippen molar-refractivity contribution in [2.45, 2.75) is 18.1 Å². The summed E-state index contributed by atoms with van der Waals surface area (Å²) >= 11 is 0. The van der Waals surface area contributed by atoms with Gasteiger partial charge in [0.2, 0.25) is 18.2 Å². The van der Waals surface area contributed by atoms with Gasteiger partial charge in [0.25, 0.3) is 0 Å². The fourth-order valence-electron chi connectivity index (χ4n) is 0.862. The van der Waals surface area contributed by atoms with E-state index >= 15 is 0 Å². The molecule has 0 amide bonds. The Morgan fingerprint density at radius 2 is 1.67 bits per heavy atom. The molecule has 0 saturated heterocycles. The Morgan fingerprint density at radius 3 is 2.08 bits per heavy atom. The van der Waals surface area contributed by atoms with Gasteiger partial charge in [0.15, 0.2) is 5.66 Å². The summed E-state index contributed by atoms with van der Waals surface area (Å²) in [5.74, 6) is 0. The number of aliphatic imine (C=N–C) groups is 3. The van der Waals surface area contributed by atoms with Crippen LogP contribution in [0, 0.1) is 0 Å². The molecule has 0 heterocycles. The highest BCUT2D eigenvalue weighted by Crippen LogP contribution is 2.43. The van der Waals surface area contributed by atoms with E-state index in [1.54, 1.807) is 0 Å². The third-order valence-corrected chi connectivity index (χ3v) is 1.55. The Hall–Kier alpha value is -1.86. The number of rotatable bonds is 3. The van der Waals surface area contributed by atoms with Gasteiger partial charge in [-0.25, -0.2) is 14.4 Å². The molecule has 1 rings (SSSR count). The topological polar surface area (TPSA) is 88.3 Å². The number of hydrogen-bond acceptors (Lipinski definition) is 6. The molecule has 1 aliphatic rings. The first kappa shape index (κ1) is 8.24. The summed E-state index contributed by atoms with van der Waals surface area (Å²) in [6.45, 7) is 0. The smallest absolute Gasteiger partial charge is 0.211 e. The zero-order valence-electron chi connectivity index (χ0n) is 5.85. The standard InChI is InChI=1S/C6H3N3O3/c10-2-7-5-1-6(5,8-3-11)9-4-12/h5H,1H2. The summed E-state index contributed by atoms with van der Waals surface area (Å²) in [5, 5.41) is 0. The Kier molecular flexibility index (Phi) is 2.08. The van der Waals surface area contributed by atoms with E-state index in [-0.39, 0.29) is 6.42 Å². The minimum atomic E-state index is -1.21. The SMILES string of the molecule is O=C=NC1CC1(N=C=O)N=C=O. The van der Waals surface area contributed by atoms with E-state index < -0.39 is 11.7 Å². The third kappa shape index (κ3) is 1.26. The number of carbonyl (C=O) groups excluding carboxylic acids is 3. The second kappa shape index (κ2) is 3.03. The summed E-state index contributed by atoms with van der Waals surface area (Å²) in [5.41, 5.74) is -1.21. The van der Waals surface area contributed by atoms with Crippen LogP contribution in [0.2, 0.25) is 0 Å². The molecule has 1 aliphatic carbocycles. The molecule has 0 bridgehead atoms. The Labute approximate surface area is 66.7 Å². The lowest BCUT2D eigenvalue weighted by atomic mass is 10.5. The van der Waals surface area contributed by atoms with Crippen molar-refractivity contribution in [3.63, 3.8) is 0 Å². The highest BCUT2D eigenvalue weighted by atomic mass is 16.1. The summed E-state index contributed by atoms with van der Waals surface area (Å²) in [6, 6.07) is -0.558. The van der Waals surface area contributed by atoms with Gasteiger partial charge >= 0.3 is 0 Å². The average molecular weight is 165 g/mol. The molecule has 0 aromatic heterocycles. The van der Waals surface area contributed by atoms with Crippen LogP contribution in [0.4, 0.5) is 0 Å². The van der Waals surface area contributed by atoms with Crippen LogP contribution in [0.1, 0.15) is 6.42 Å². The van der Waals surface area contributed by atoms with Crippen LogP contribution in [0.5, 0.6) is 0 Å². The van der Waals surface area contributed by atoms with Crippen molar-refractivity contribution in [3.8, 4) is 0 Å². The monoisotopic (exact) mass is 165 g/mol. The molecule has 0 N–H and O–H groups in total. The lowest BCUT2D eigenvalue weighted by molar-refractivity contribution is 0.542. The van der Waals surface area contributed by atoms with Crippen LogP contribution in [0.15, 0.2) is 15.0 Å². The number of nitrogens with zero attached hydrogens (tertiary/aromatic N) is 3. The molecule has 0 aromatic rings. The maximum atomic E-state index is 9.86. The predicted molar refractivity (Wildman–Crippen MR) is 35.5 cm³/mol. The Bertz CT molecular complexity index is 314. The van der Waals surface area contributed by atoms with Crippen molar-refractivity contribution in [1.29, 1.82) is 0 Å². The van der Waals surface area contributed by atoms with Crippen LogP contribution in [-0.4, -0.2) is 29.9 Å². The zero-order chi connectivity index (χ0) is 9.03. The molecule has 1 unspecified atom stereocenters. The second-order valence-corrected chi connectivity index (χ2v) is 2.23. The Balaban J connectivity index is 2.88. The molecule has 1 fully saturated rings. The highest BCUT2D eigenvalue weighted by molar-refractivity contribution is 5.45. The maximum absolute atomic E-state index is 9.86. The van der Waals surface area contributed by atoms with E-state index in [9.17, 15) is 14.4 Å². The van der Waals surface area contributed by atoms with Gasteiger partial charge in [-0.1, -0.05) is 0 Å². The molecule has 0 aliphatic heterocycles. The van der Waals surface area contributed by atoms with E-state index in [4.69, 9.17) is 0 Å². The maximum Gasteiger partial charge on any atom is 0.237 e. The molecule has 12 heavy (non-hydrogen) atoms. The van der Waals surface area contributed by atoms with E-state index in [1.807, 2.05) is 0 Å². The van der Waals surface area contributed by atoms with E-state index in [2.05, 4.69) is 15.0 Å². The van der Waals surface area contributed by atoms with Crippen LogP contribution in [-0.2, 0) is 14.4 Å². The van der Waals surface area contributed by atoms with Gasteiger partial charge < -0.3 is 0 Å². The van der Waals surface area contributed by atoms with Crippen molar-refractivity contribution < 1.29 is 14.4 Å². The molecule has 60 valence electrons. The van der Waals surface area contributed by atoms with Crippen LogP contribution in [0.3, 0.4) is 0 Å². The van der Waals surface area contributed by atoms with Gasteiger partial charge in [-0.2, -0.15) is 15.0 Å². The van der Waals surface area contributed by atoms with E-state index in [1.165, 1.54) is 18.2 Å². The molecule has 0 spiro atoms. The van der Waals surface area contributed by atoms with Crippen molar-refractivity contribution in [2.75, 3.05) is 0 Å².